The van der Waals surface area contributed by atoms with Gasteiger partial charge < -0.3 is 10.1 Å². The van der Waals surface area contributed by atoms with Gasteiger partial charge in [0.05, 0.1) is 16.6 Å². The van der Waals surface area contributed by atoms with E-state index in [1.165, 1.54) is 19.3 Å². The molecular weight excluding hydrogens is 240 g/mol. The molecule has 0 unspecified atom stereocenters. The lowest BCUT2D eigenvalue weighted by atomic mass is 9.75. The van der Waals surface area contributed by atoms with Gasteiger partial charge in [-0.25, -0.2) is 9.78 Å². The summed E-state index contributed by atoms with van der Waals surface area (Å²) in [5.74, 6) is 0.103. The molecule has 0 bridgehead atoms. The van der Waals surface area contributed by atoms with Crippen molar-refractivity contribution < 1.29 is 9.90 Å². The topological polar surface area (TPSA) is 66.0 Å². The molecule has 100 valence electrons. The van der Waals surface area contributed by atoms with Gasteiger partial charge in [0.1, 0.15) is 5.82 Å². The van der Waals surface area contributed by atoms with Crippen molar-refractivity contribution in [3.63, 3.8) is 0 Å². The van der Waals surface area contributed by atoms with Crippen LogP contribution in [0, 0.1) is 0 Å². The van der Waals surface area contributed by atoms with Crippen LogP contribution in [0.3, 0.4) is 0 Å². The van der Waals surface area contributed by atoms with Gasteiger partial charge in [0, 0.05) is 5.41 Å². The monoisotopic (exact) mass is 258 g/mol. The van der Waals surface area contributed by atoms with Crippen LogP contribution in [0.5, 0.6) is 0 Å². The van der Waals surface area contributed by atoms with E-state index < -0.39 is 5.97 Å². The van der Waals surface area contributed by atoms with Crippen LogP contribution in [0.2, 0.25) is 0 Å². The second-order valence-corrected chi connectivity index (χ2v) is 5.74. The number of aromatic carboxylic acids is 1. The Morgan fingerprint density at radius 1 is 1.32 bits per heavy atom. The number of H-pyrrole nitrogens is 1. The smallest absolute Gasteiger partial charge is 0.335 e. The summed E-state index contributed by atoms with van der Waals surface area (Å²) in [5.41, 5.74) is 2.09. The van der Waals surface area contributed by atoms with E-state index in [1.807, 2.05) is 0 Å². The molecule has 0 spiro atoms. The van der Waals surface area contributed by atoms with Gasteiger partial charge in [0.15, 0.2) is 0 Å². The lowest BCUT2D eigenvalue weighted by Crippen LogP contribution is -2.26. The van der Waals surface area contributed by atoms with Crippen LogP contribution in [0.4, 0.5) is 0 Å². The average molecular weight is 258 g/mol. The standard InChI is InChI=1S/C15H18N2O2/c1-15(7-3-2-4-8-15)14-16-11-6-5-10(13(18)19)9-12(11)17-14/h5-6,9H,2-4,7-8H2,1H3,(H,16,17)(H,18,19). The third-order valence-corrected chi connectivity index (χ3v) is 4.26. The molecule has 1 saturated carbocycles. The van der Waals surface area contributed by atoms with E-state index in [2.05, 4.69) is 16.9 Å². The molecule has 1 aliphatic rings. The maximum Gasteiger partial charge on any atom is 0.335 e. The van der Waals surface area contributed by atoms with Crippen molar-refractivity contribution in [2.24, 2.45) is 0 Å². The number of carbonyl (C=O) groups is 1. The fraction of sp³-hybridized carbons (Fsp3) is 0.467. The molecule has 1 heterocycles. The lowest BCUT2D eigenvalue weighted by Gasteiger charge is -2.31. The number of hydrogen-bond acceptors (Lipinski definition) is 2. The van der Waals surface area contributed by atoms with Gasteiger partial charge in [-0.05, 0) is 31.0 Å². The summed E-state index contributed by atoms with van der Waals surface area (Å²) in [7, 11) is 0. The molecule has 19 heavy (non-hydrogen) atoms. The van der Waals surface area contributed by atoms with E-state index in [-0.39, 0.29) is 5.41 Å². The average Bonchev–Trinajstić information content (AvgIpc) is 2.83. The Morgan fingerprint density at radius 2 is 2.05 bits per heavy atom. The van der Waals surface area contributed by atoms with Gasteiger partial charge in [-0.15, -0.1) is 0 Å². The molecule has 1 aliphatic carbocycles. The second-order valence-electron chi connectivity index (χ2n) is 5.74. The maximum absolute atomic E-state index is 11.0. The molecule has 3 rings (SSSR count). The Kier molecular flexibility index (Phi) is 2.81. The normalized spacial score (nSPS) is 18.6. The van der Waals surface area contributed by atoms with E-state index in [0.717, 1.165) is 29.7 Å². The van der Waals surface area contributed by atoms with Gasteiger partial charge in [-0.1, -0.05) is 26.2 Å². The van der Waals surface area contributed by atoms with Gasteiger partial charge in [-0.3, -0.25) is 0 Å². The van der Waals surface area contributed by atoms with Crippen molar-refractivity contribution in [1.82, 2.24) is 9.97 Å². The predicted molar refractivity (Wildman–Crippen MR) is 73.5 cm³/mol. The number of aromatic amines is 1. The SMILES string of the molecule is CC1(c2nc3ccc(C(=O)O)cc3[nH]2)CCCCC1. The first-order valence-corrected chi connectivity index (χ1v) is 6.82. The number of imidazole rings is 1. The zero-order valence-electron chi connectivity index (χ0n) is 11.1. The molecule has 0 aliphatic heterocycles. The van der Waals surface area contributed by atoms with E-state index in [0.29, 0.717) is 5.56 Å². The fourth-order valence-corrected chi connectivity index (χ4v) is 3.00. The largest absolute Gasteiger partial charge is 0.478 e. The number of nitrogens with one attached hydrogen (secondary N) is 1. The molecule has 1 fully saturated rings. The molecule has 1 aromatic carbocycles. The van der Waals surface area contributed by atoms with Crippen LogP contribution in [0.1, 0.15) is 55.2 Å². The fourth-order valence-electron chi connectivity index (χ4n) is 3.00. The summed E-state index contributed by atoms with van der Waals surface area (Å²) < 4.78 is 0. The van der Waals surface area contributed by atoms with Crippen molar-refractivity contribution in [3.05, 3.63) is 29.6 Å². The zero-order chi connectivity index (χ0) is 13.5. The minimum atomic E-state index is -0.901. The van der Waals surface area contributed by atoms with Crippen LogP contribution in [0.25, 0.3) is 11.0 Å². The molecule has 0 radical (unpaired) electrons. The number of nitrogens with zero attached hydrogens (tertiary/aromatic N) is 1. The third-order valence-electron chi connectivity index (χ3n) is 4.26. The highest BCUT2D eigenvalue weighted by Gasteiger charge is 2.31. The first-order valence-electron chi connectivity index (χ1n) is 6.82. The minimum Gasteiger partial charge on any atom is -0.478 e. The molecule has 0 amide bonds. The summed E-state index contributed by atoms with van der Waals surface area (Å²) in [6.45, 7) is 2.25. The summed E-state index contributed by atoms with van der Waals surface area (Å²) >= 11 is 0. The Hall–Kier alpha value is -1.84. The molecule has 0 atom stereocenters. The van der Waals surface area contributed by atoms with Crippen LogP contribution >= 0.6 is 0 Å². The van der Waals surface area contributed by atoms with Gasteiger partial charge in [0.25, 0.3) is 0 Å². The first kappa shape index (κ1) is 12.2. The lowest BCUT2D eigenvalue weighted by molar-refractivity contribution is 0.0697. The number of carboxylic acids is 1. The van der Waals surface area contributed by atoms with Crippen LogP contribution in [-0.2, 0) is 5.41 Å². The number of rotatable bonds is 2. The first-order chi connectivity index (χ1) is 9.08. The summed E-state index contributed by atoms with van der Waals surface area (Å²) in [6.07, 6.45) is 6.10. The zero-order valence-corrected chi connectivity index (χ0v) is 11.1. The van der Waals surface area contributed by atoms with Crippen molar-refractivity contribution in [2.75, 3.05) is 0 Å². The number of aromatic nitrogens is 2. The molecule has 1 aromatic heterocycles. The highest BCUT2D eigenvalue weighted by atomic mass is 16.4. The predicted octanol–water partition coefficient (Wildman–Crippen LogP) is 3.48. The summed E-state index contributed by atoms with van der Waals surface area (Å²) in [5, 5.41) is 9.02. The van der Waals surface area contributed by atoms with Crippen molar-refractivity contribution in [2.45, 2.75) is 44.4 Å². The van der Waals surface area contributed by atoms with E-state index in [4.69, 9.17) is 5.11 Å². The molecule has 2 N–H and O–H groups in total. The van der Waals surface area contributed by atoms with Crippen molar-refractivity contribution in [1.29, 1.82) is 0 Å². The molecule has 0 saturated heterocycles. The maximum atomic E-state index is 11.0. The quantitative estimate of drug-likeness (QED) is 0.866. The summed E-state index contributed by atoms with van der Waals surface area (Å²) in [6, 6.07) is 5.06. The van der Waals surface area contributed by atoms with E-state index in [1.54, 1.807) is 18.2 Å². The van der Waals surface area contributed by atoms with Crippen molar-refractivity contribution >= 4 is 17.0 Å². The van der Waals surface area contributed by atoms with Crippen LogP contribution in [0.15, 0.2) is 18.2 Å². The number of carboxylic acid groups (broad SMARTS) is 1. The minimum absolute atomic E-state index is 0.112. The molecular formula is C15H18N2O2. The highest BCUT2D eigenvalue weighted by molar-refractivity contribution is 5.92. The summed E-state index contributed by atoms with van der Waals surface area (Å²) in [4.78, 5) is 19.0. The molecule has 4 nitrogen and oxygen atoms in total. The van der Waals surface area contributed by atoms with Gasteiger partial charge in [-0.2, -0.15) is 0 Å². The van der Waals surface area contributed by atoms with Crippen LogP contribution < -0.4 is 0 Å². The Morgan fingerprint density at radius 3 is 2.74 bits per heavy atom. The Balaban J connectivity index is 2.03. The number of benzene rings is 1. The molecule has 4 heteroatoms. The third kappa shape index (κ3) is 2.11. The van der Waals surface area contributed by atoms with Crippen LogP contribution in [-0.4, -0.2) is 21.0 Å². The van der Waals surface area contributed by atoms with E-state index in [9.17, 15) is 4.79 Å². The molecule has 2 aromatic rings. The van der Waals surface area contributed by atoms with Crippen molar-refractivity contribution in [3.8, 4) is 0 Å². The van der Waals surface area contributed by atoms with Gasteiger partial charge in [0.2, 0.25) is 0 Å². The van der Waals surface area contributed by atoms with E-state index >= 15 is 0 Å². The highest BCUT2D eigenvalue weighted by Crippen LogP contribution is 2.38. The Bertz CT molecular complexity index is 624. The van der Waals surface area contributed by atoms with Gasteiger partial charge >= 0.3 is 5.97 Å². The number of hydrogen-bond donors (Lipinski definition) is 2. The second kappa shape index (κ2) is 4.37. The Labute approximate surface area is 111 Å². The number of fused-ring (bicyclic) bond motifs is 1.